The third kappa shape index (κ3) is 2.40. The molecule has 0 radical (unpaired) electrons. The average Bonchev–Trinajstić information content (AvgIpc) is 2.92. The van der Waals surface area contributed by atoms with Crippen LogP contribution in [-0.2, 0) is 17.8 Å². The Kier molecular flexibility index (Phi) is 3.42. The fourth-order valence-electron chi connectivity index (χ4n) is 2.46. The molecule has 0 saturated carbocycles. The number of hydrogen-bond donors (Lipinski definition) is 1. The minimum atomic E-state index is -0.466. The molecule has 0 fully saturated rings. The quantitative estimate of drug-likeness (QED) is 0.665. The molecule has 3 rings (SSSR count). The van der Waals surface area contributed by atoms with Crippen molar-refractivity contribution in [2.75, 3.05) is 24.3 Å². The van der Waals surface area contributed by atoms with Gasteiger partial charge in [-0.1, -0.05) is 11.6 Å². The van der Waals surface area contributed by atoms with E-state index in [4.69, 9.17) is 22.1 Å². The van der Waals surface area contributed by atoms with Crippen LogP contribution in [0.3, 0.4) is 0 Å². The first-order valence-corrected chi connectivity index (χ1v) is 6.77. The molecular formula is C13H14ClN5O2. The fourth-order valence-corrected chi connectivity index (χ4v) is 2.81. The predicted octanol–water partition coefficient (Wildman–Crippen LogP) is 1.32. The van der Waals surface area contributed by atoms with Crippen LogP contribution in [0.4, 0.5) is 11.4 Å². The van der Waals surface area contributed by atoms with Gasteiger partial charge in [0.2, 0.25) is 0 Å². The highest BCUT2D eigenvalue weighted by molar-refractivity contribution is 6.34. The van der Waals surface area contributed by atoms with Crippen molar-refractivity contribution in [3.63, 3.8) is 0 Å². The molecule has 0 spiro atoms. The molecule has 7 nitrogen and oxygen atoms in total. The Morgan fingerprint density at radius 1 is 1.43 bits per heavy atom. The number of fused-ring (bicyclic) bond motifs is 1. The maximum Gasteiger partial charge on any atom is 0.340 e. The molecule has 110 valence electrons. The number of nitrogens with zero attached hydrogens (tertiary/aromatic N) is 4. The topological polar surface area (TPSA) is 86.3 Å². The number of halogens is 1. The zero-order valence-corrected chi connectivity index (χ0v) is 12.2. The van der Waals surface area contributed by atoms with E-state index in [9.17, 15) is 4.79 Å². The number of benzene rings is 1. The number of ether oxygens (including phenoxy) is 1. The summed E-state index contributed by atoms with van der Waals surface area (Å²) in [5.41, 5.74) is 7.17. The van der Waals surface area contributed by atoms with Crippen LogP contribution in [0.15, 0.2) is 18.5 Å². The van der Waals surface area contributed by atoms with Crippen molar-refractivity contribution < 1.29 is 9.53 Å². The third-order valence-corrected chi connectivity index (χ3v) is 3.73. The van der Waals surface area contributed by atoms with E-state index in [0.717, 1.165) is 12.4 Å². The number of nitrogen functional groups attached to an aromatic ring is 1. The van der Waals surface area contributed by atoms with Gasteiger partial charge in [-0.05, 0) is 12.1 Å². The summed E-state index contributed by atoms with van der Waals surface area (Å²) in [5, 5.41) is 8.37. The normalized spacial score (nSPS) is 13.9. The first kappa shape index (κ1) is 13.7. The summed E-state index contributed by atoms with van der Waals surface area (Å²) >= 11 is 6.30. The maximum absolute atomic E-state index is 12.0. The maximum atomic E-state index is 12.0. The standard InChI is InChI=1S/C13H14ClN5O2/c1-21-13(20)9-4-8(15)5-10(14)12(9)18-2-3-19-7-16-17-11(19)6-18/h4-5,7H,2-3,6,15H2,1H3. The van der Waals surface area contributed by atoms with E-state index in [0.29, 0.717) is 35.1 Å². The van der Waals surface area contributed by atoms with E-state index in [1.807, 2.05) is 9.47 Å². The second-order valence-electron chi connectivity index (χ2n) is 4.75. The molecule has 0 amide bonds. The highest BCUT2D eigenvalue weighted by Gasteiger charge is 2.25. The Labute approximate surface area is 126 Å². The van der Waals surface area contributed by atoms with E-state index in [1.165, 1.54) is 7.11 Å². The number of aromatic nitrogens is 3. The molecule has 1 aliphatic heterocycles. The number of nitrogens with two attached hydrogens (primary N) is 1. The SMILES string of the molecule is COC(=O)c1cc(N)cc(Cl)c1N1CCn2cnnc2C1. The van der Waals surface area contributed by atoms with Crippen LogP contribution < -0.4 is 10.6 Å². The summed E-state index contributed by atoms with van der Waals surface area (Å²) < 4.78 is 6.79. The molecule has 1 aliphatic rings. The summed E-state index contributed by atoms with van der Waals surface area (Å²) in [6, 6.07) is 3.20. The summed E-state index contributed by atoms with van der Waals surface area (Å²) in [6.07, 6.45) is 1.69. The minimum Gasteiger partial charge on any atom is -0.465 e. The molecule has 1 aromatic carbocycles. The van der Waals surface area contributed by atoms with Crippen LogP contribution in [0.5, 0.6) is 0 Å². The van der Waals surface area contributed by atoms with Crippen molar-refractivity contribution in [1.29, 1.82) is 0 Å². The molecular weight excluding hydrogens is 294 g/mol. The predicted molar refractivity (Wildman–Crippen MR) is 78.3 cm³/mol. The van der Waals surface area contributed by atoms with Gasteiger partial charge in [0.1, 0.15) is 6.33 Å². The van der Waals surface area contributed by atoms with Crippen LogP contribution in [0, 0.1) is 0 Å². The number of anilines is 2. The molecule has 2 N–H and O–H groups in total. The van der Waals surface area contributed by atoms with Crippen molar-refractivity contribution in [3.05, 3.63) is 34.9 Å². The number of carbonyl (C=O) groups is 1. The van der Waals surface area contributed by atoms with E-state index in [-0.39, 0.29) is 0 Å². The fraction of sp³-hybridized carbons (Fsp3) is 0.308. The molecule has 2 heterocycles. The Bertz CT molecular complexity index is 700. The Morgan fingerprint density at radius 2 is 2.24 bits per heavy atom. The minimum absolute atomic E-state index is 0.357. The molecule has 0 atom stereocenters. The Morgan fingerprint density at radius 3 is 3.00 bits per heavy atom. The van der Waals surface area contributed by atoms with Crippen LogP contribution in [0.25, 0.3) is 0 Å². The monoisotopic (exact) mass is 307 g/mol. The van der Waals surface area contributed by atoms with E-state index < -0.39 is 5.97 Å². The van der Waals surface area contributed by atoms with Crippen molar-refractivity contribution in [3.8, 4) is 0 Å². The molecule has 8 heteroatoms. The lowest BCUT2D eigenvalue weighted by Gasteiger charge is -2.31. The van der Waals surface area contributed by atoms with Gasteiger partial charge in [-0.2, -0.15) is 0 Å². The zero-order valence-electron chi connectivity index (χ0n) is 11.4. The molecule has 1 aromatic heterocycles. The lowest BCUT2D eigenvalue weighted by Crippen LogP contribution is -2.35. The van der Waals surface area contributed by atoms with Gasteiger partial charge in [0, 0.05) is 18.8 Å². The van der Waals surface area contributed by atoms with Gasteiger partial charge >= 0.3 is 5.97 Å². The van der Waals surface area contributed by atoms with Crippen LogP contribution in [0.1, 0.15) is 16.2 Å². The number of esters is 1. The van der Waals surface area contributed by atoms with Gasteiger partial charge in [0.25, 0.3) is 0 Å². The molecule has 0 bridgehead atoms. The van der Waals surface area contributed by atoms with Gasteiger partial charge in [0.15, 0.2) is 5.82 Å². The second-order valence-corrected chi connectivity index (χ2v) is 5.16. The number of methoxy groups -OCH3 is 1. The lowest BCUT2D eigenvalue weighted by molar-refractivity contribution is 0.0601. The van der Waals surface area contributed by atoms with Crippen LogP contribution in [0.2, 0.25) is 5.02 Å². The Balaban J connectivity index is 2.04. The van der Waals surface area contributed by atoms with Gasteiger partial charge < -0.3 is 19.9 Å². The number of hydrogen-bond acceptors (Lipinski definition) is 6. The van der Waals surface area contributed by atoms with Gasteiger partial charge in [-0.15, -0.1) is 10.2 Å². The summed E-state index contributed by atoms with van der Waals surface area (Å²) in [5.74, 6) is 0.358. The van der Waals surface area contributed by atoms with Gasteiger partial charge in [0.05, 0.1) is 29.9 Å². The molecule has 0 saturated heterocycles. The summed E-state index contributed by atoms with van der Waals surface area (Å²) in [4.78, 5) is 14.0. The van der Waals surface area contributed by atoms with Gasteiger partial charge in [-0.3, -0.25) is 0 Å². The first-order chi connectivity index (χ1) is 10.1. The number of carbonyl (C=O) groups excluding carboxylic acids is 1. The molecule has 2 aromatic rings. The van der Waals surface area contributed by atoms with Crippen molar-refractivity contribution in [2.24, 2.45) is 0 Å². The highest BCUT2D eigenvalue weighted by atomic mass is 35.5. The summed E-state index contributed by atoms with van der Waals surface area (Å²) in [7, 11) is 1.33. The lowest BCUT2D eigenvalue weighted by atomic mass is 10.1. The van der Waals surface area contributed by atoms with Crippen LogP contribution in [-0.4, -0.2) is 34.4 Å². The van der Waals surface area contributed by atoms with Crippen molar-refractivity contribution >= 4 is 28.9 Å². The number of rotatable bonds is 2. The van der Waals surface area contributed by atoms with Crippen LogP contribution >= 0.6 is 11.6 Å². The van der Waals surface area contributed by atoms with E-state index >= 15 is 0 Å². The second kappa shape index (κ2) is 5.25. The smallest absolute Gasteiger partial charge is 0.340 e. The van der Waals surface area contributed by atoms with E-state index in [2.05, 4.69) is 10.2 Å². The largest absolute Gasteiger partial charge is 0.465 e. The van der Waals surface area contributed by atoms with Crippen molar-refractivity contribution in [2.45, 2.75) is 13.1 Å². The van der Waals surface area contributed by atoms with E-state index in [1.54, 1.807) is 18.5 Å². The molecule has 0 unspecified atom stereocenters. The van der Waals surface area contributed by atoms with Gasteiger partial charge in [-0.25, -0.2) is 4.79 Å². The summed E-state index contributed by atoms with van der Waals surface area (Å²) in [6.45, 7) is 1.94. The highest BCUT2D eigenvalue weighted by Crippen LogP contribution is 2.34. The average molecular weight is 308 g/mol. The molecule has 0 aliphatic carbocycles. The molecule has 21 heavy (non-hydrogen) atoms. The third-order valence-electron chi connectivity index (χ3n) is 3.45. The first-order valence-electron chi connectivity index (χ1n) is 6.39. The zero-order chi connectivity index (χ0) is 15.0. The Hall–Kier alpha value is -2.28. The van der Waals surface area contributed by atoms with Crippen molar-refractivity contribution in [1.82, 2.24) is 14.8 Å².